The van der Waals surface area contributed by atoms with Crippen LogP contribution in [0.15, 0.2) is 0 Å². The molecule has 0 N–H and O–H groups in total. The van der Waals surface area contributed by atoms with Crippen LogP contribution < -0.4 is 0 Å². The second-order valence-electron chi connectivity index (χ2n) is 1.51. The maximum atomic E-state index is 3.69. The van der Waals surface area contributed by atoms with E-state index >= 15 is 0 Å². The van der Waals surface area contributed by atoms with Crippen molar-refractivity contribution in [2.24, 2.45) is 5.92 Å². The predicted octanol–water partition coefficient (Wildman–Crippen LogP) is 1.61. The van der Waals surface area contributed by atoms with Gasteiger partial charge in [0.05, 0.1) is 5.92 Å². The van der Waals surface area contributed by atoms with E-state index in [2.05, 4.69) is 10.9 Å². The van der Waals surface area contributed by atoms with Gasteiger partial charge in [-0.05, 0) is 13.8 Å². The zero-order valence-electron chi connectivity index (χ0n) is 4.52. The van der Waals surface area contributed by atoms with E-state index in [9.17, 15) is 0 Å². The van der Waals surface area contributed by atoms with Crippen molar-refractivity contribution < 1.29 is 0 Å². The average Bonchev–Trinajstić information content (AvgIpc) is 1.35. The lowest BCUT2D eigenvalue weighted by molar-refractivity contribution is 0.864. The molecule has 1 heteroatoms. The van der Waals surface area contributed by atoms with Crippen LogP contribution in [0.1, 0.15) is 13.8 Å². The van der Waals surface area contributed by atoms with Gasteiger partial charge in [-0.15, -0.1) is 0 Å². The van der Waals surface area contributed by atoms with E-state index in [1.54, 1.807) is 7.05 Å². The Labute approximate surface area is 38.8 Å². The molecular formula is C5H10N+. The smallest absolute Gasteiger partial charge is 0.0867 e. The molecule has 0 atom stereocenters. The maximum absolute atomic E-state index is 3.69. The van der Waals surface area contributed by atoms with Gasteiger partial charge in [-0.1, -0.05) is 4.85 Å². The van der Waals surface area contributed by atoms with Crippen LogP contribution in [-0.4, -0.2) is 7.05 Å². The third kappa shape index (κ3) is 3.49. The molecule has 0 aliphatic heterocycles. The Hall–Kier alpha value is -0.510. The van der Waals surface area contributed by atoms with Crippen LogP contribution >= 0.6 is 0 Å². The zero-order chi connectivity index (χ0) is 4.99. The van der Waals surface area contributed by atoms with Crippen LogP contribution in [0.3, 0.4) is 0 Å². The van der Waals surface area contributed by atoms with Gasteiger partial charge < -0.3 is 0 Å². The lowest BCUT2D eigenvalue weighted by atomic mass is 10.3. The van der Waals surface area contributed by atoms with Crippen molar-refractivity contribution in [3.63, 3.8) is 0 Å². The SMILES string of the molecule is C[N+]#CC(C)C. The highest BCUT2D eigenvalue weighted by Gasteiger charge is 1.87. The van der Waals surface area contributed by atoms with Gasteiger partial charge in [-0.3, -0.25) is 0 Å². The molecule has 0 amide bonds. The summed E-state index contributed by atoms with van der Waals surface area (Å²) in [6.45, 7) is 4.10. The van der Waals surface area contributed by atoms with Gasteiger partial charge in [0.15, 0.2) is 0 Å². The van der Waals surface area contributed by atoms with Gasteiger partial charge in [0.2, 0.25) is 0 Å². The minimum Gasteiger partial charge on any atom is -0.0867 e. The van der Waals surface area contributed by atoms with Crippen molar-refractivity contribution >= 4 is 0 Å². The quantitative estimate of drug-likeness (QED) is 0.420. The maximum Gasteiger partial charge on any atom is 0.275 e. The molecular weight excluding hydrogens is 74.1 g/mol. The fourth-order valence-electron chi connectivity index (χ4n) is 0.258. The highest BCUT2D eigenvalue weighted by atomic mass is 14.6. The molecule has 0 bridgehead atoms. The average molecular weight is 84.1 g/mol. The van der Waals surface area contributed by atoms with Crippen LogP contribution in [0, 0.1) is 12.0 Å². The summed E-state index contributed by atoms with van der Waals surface area (Å²) in [5, 5.41) is 0. The molecule has 6 heavy (non-hydrogen) atoms. The summed E-state index contributed by atoms with van der Waals surface area (Å²) in [5.41, 5.74) is 0. The predicted molar refractivity (Wildman–Crippen MR) is 28.0 cm³/mol. The van der Waals surface area contributed by atoms with Crippen molar-refractivity contribution in [1.82, 2.24) is 0 Å². The van der Waals surface area contributed by atoms with E-state index in [0.29, 0.717) is 5.92 Å². The first-order valence-corrected chi connectivity index (χ1v) is 2.11. The standard InChI is InChI=1S/C5H10N/c1-5(2)4-6-3/h5H,1-3H3/q+1. The van der Waals surface area contributed by atoms with Crippen molar-refractivity contribution in [3.8, 4) is 6.07 Å². The Balaban J connectivity index is 3.20. The van der Waals surface area contributed by atoms with Gasteiger partial charge in [0.1, 0.15) is 0 Å². The van der Waals surface area contributed by atoms with Crippen LogP contribution in [0.25, 0.3) is 4.85 Å². The fourth-order valence-corrected chi connectivity index (χ4v) is 0.258. The molecule has 0 saturated heterocycles. The number of hydrogen-bond donors (Lipinski definition) is 0. The lowest BCUT2D eigenvalue weighted by Gasteiger charge is -1.71. The topological polar surface area (TPSA) is 4.36 Å². The summed E-state index contributed by atoms with van der Waals surface area (Å²) >= 11 is 0. The molecule has 0 unspecified atom stereocenters. The molecule has 0 rings (SSSR count). The van der Waals surface area contributed by atoms with Crippen LogP contribution in [0.5, 0.6) is 0 Å². The van der Waals surface area contributed by atoms with E-state index in [4.69, 9.17) is 0 Å². The Morgan fingerprint density at radius 2 is 2.00 bits per heavy atom. The lowest BCUT2D eigenvalue weighted by Crippen LogP contribution is -1.73. The molecule has 0 aliphatic rings. The summed E-state index contributed by atoms with van der Waals surface area (Å²) < 4.78 is 0. The van der Waals surface area contributed by atoms with Gasteiger partial charge in [-0.25, -0.2) is 0 Å². The van der Waals surface area contributed by atoms with Crippen LogP contribution in [0.2, 0.25) is 0 Å². The molecule has 0 aromatic carbocycles. The Morgan fingerprint density at radius 3 is 2.00 bits per heavy atom. The molecule has 0 spiro atoms. The summed E-state index contributed by atoms with van der Waals surface area (Å²) in [5.74, 6) is 0.481. The normalized spacial score (nSPS) is 7.33. The molecule has 0 heterocycles. The Bertz CT molecular complexity index is 73.7. The van der Waals surface area contributed by atoms with E-state index < -0.39 is 0 Å². The summed E-state index contributed by atoms with van der Waals surface area (Å²) in [6.07, 6.45) is 0. The number of rotatable bonds is 0. The first-order chi connectivity index (χ1) is 2.77. The molecule has 1 nitrogen and oxygen atoms in total. The van der Waals surface area contributed by atoms with Gasteiger partial charge in [0, 0.05) is 0 Å². The monoisotopic (exact) mass is 84.1 g/mol. The minimum absolute atomic E-state index is 0.481. The Morgan fingerprint density at radius 1 is 1.50 bits per heavy atom. The van der Waals surface area contributed by atoms with Gasteiger partial charge >= 0.3 is 0 Å². The third-order valence-corrected chi connectivity index (χ3v) is 0.387. The number of nitrogens with zero attached hydrogens (tertiary/aromatic N) is 1. The molecule has 0 aromatic rings. The zero-order valence-corrected chi connectivity index (χ0v) is 4.52. The third-order valence-electron chi connectivity index (χ3n) is 0.387. The van der Waals surface area contributed by atoms with E-state index in [-0.39, 0.29) is 0 Å². The van der Waals surface area contributed by atoms with Gasteiger partial charge in [-0.2, -0.15) is 0 Å². The number of hydrogen-bond acceptors (Lipinski definition) is 0. The summed E-state index contributed by atoms with van der Waals surface area (Å²) in [6, 6.07) is 2.83. The molecule has 0 radical (unpaired) electrons. The largest absolute Gasteiger partial charge is 0.275 e. The van der Waals surface area contributed by atoms with E-state index in [0.717, 1.165) is 0 Å². The van der Waals surface area contributed by atoms with Crippen molar-refractivity contribution in [1.29, 1.82) is 0 Å². The molecule has 0 aromatic heterocycles. The van der Waals surface area contributed by atoms with E-state index in [1.807, 2.05) is 13.8 Å². The first-order valence-electron chi connectivity index (χ1n) is 2.11. The molecule has 0 aliphatic carbocycles. The molecule has 34 valence electrons. The Kier molecular flexibility index (Phi) is 2.48. The van der Waals surface area contributed by atoms with Gasteiger partial charge in [0.25, 0.3) is 13.1 Å². The van der Waals surface area contributed by atoms with E-state index in [1.165, 1.54) is 0 Å². The minimum atomic E-state index is 0.481. The van der Waals surface area contributed by atoms with Crippen molar-refractivity contribution in [2.45, 2.75) is 13.8 Å². The summed E-state index contributed by atoms with van der Waals surface area (Å²) in [4.78, 5) is 3.69. The highest BCUT2D eigenvalue weighted by molar-refractivity contribution is 4.85. The highest BCUT2D eigenvalue weighted by Crippen LogP contribution is 1.84. The summed E-state index contributed by atoms with van der Waals surface area (Å²) in [7, 11) is 1.74. The second kappa shape index (κ2) is 2.71. The second-order valence-corrected chi connectivity index (χ2v) is 1.51. The fraction of sp³-hybridized carbons (Fsp3) is 0.800. The van der Waals surface area contributed by atoms with Crippen LogP contribution in [-0.2, 0) is 0 Å². The van der Waals surface area contributed by atoms with Crippen molar-refractivity contribution in [3.05, 3.63) is 4.85 Å². The first kappa shape index (κ1) is 5.49. The van der Waals surface area contributed by atoms with Crippen LogP contribution in [0.4, 0.5) is 0 Å². The molecule has 0 fully saturated rings. The molecule has 0 saturated carbocycles. The van der Waals surface area contributed by atoms with Crippen molar-refractivity contribution in [2.75, 3.05) is 7.05 Å².